The molecule has 1 atom stereocenters. The highest BCUT2D eigenvalue weighted by Gasteiger charge is 2.27. The van der Waals surface area contributed by atoms with E-state index in [9.17, 15) is 4.20 Å². The van der Waals surface area contributed by atoms with Gasteiger partial charge < -0.3 is 0 Å². The molecule has 0 aromatic carbocycles. The Balaban J connectivity index is 5.20. The second kappa shape index (κ2) is 5.38. The van der Waals surface area contributed by atoms with Crippen molar-refractivity contribution in [1.82, 2.24) is 14.0 Å². The number of rotatable bonds is 4. The highest BCUT2D eigenvalue weighted by Crippen LogP contribution is 2.57. The van der Waals surface area contributed by atoms with Crippen molar-refractivity contribution < 1.29 is 4.20 Å². The Labute approximate surface area is 82.3 Å². The van der Waals surface area contributed by atoms with E-state index in [0.29, 0.717) is 0 Å². The van der Waals surface area contributed by atoms with E-state index in [4.69, 9.17) is 0 Å². The Hall–Kier alpha value is 0.470. The van der Waals surface area contributed by atoms with Gasteiger partial charge >= 0.3 is 0 Å². The molecule has 0 radical (unpaired) electrons. The van der Waals surface area contributed by atoms with Crippen LogP contribution in [0.15, 0.2) is 4.52 Å². The molecular weight excluding hydrogens is 209 g/mol. The third kappa shape index (κ3) is 2.71. The van der Waals surface area contributed by atoms with E-state index in [-0.39, 0.29) is 0 Å². The van der Waals surface area contributed by atoms with Crippen LogP contribution in [0.2, 0.25) is 0 Å². The third-order valence-electron chi connectivity index (χ3n) is 1.78. The summed E-state index contributed by atoms with van der Waals surface area (Å²) in [6, 6.07) is 0. The van der Waals surface area contributed by atoms with Crippen molar-refractivity contribution in [3.05, 3.63) is 0 Å². The average molecular weight is 228 g/mol. The van der Waals surface area contributed by atoms with Gasteiger partial charge in [0.2, 0.25) is 0 Å². The molecule has 0 amide bonds. The van der Waals surface area contributed by atoms with Crippen LogP contribution in [0, 0.1) is 0 Å². The first-order valence-corrected chi connectivity index (χ1v) is 6.32. The van der Waals surface area contributed by atoms with Crippen LogP contribution in [0.3, 0.4) is 0 Å². The number of hydrogen-bond donors (Lipinski definition) is 0. The van der Waals surface area contributed by atoms with Crippen LogP contribution in [0.5, 0.6) is 0 Å². The number of halogens is 1. The SMILES string of the molecule is CN(C)P(=NPF)(N(C)C)N(C)C. The summed E-state index contributed by atoms with van der Waals surface area (Å²) in [4.78, 5) is 0. The Morgan fingerprint density at radius 1 is 0.923 bits per heavy atom. The van der Waals surface area contributed by atoms with Gasteiger partial charge in [0.05, 0.1) is 0 Å². The highest BCUT2D eigenvalue weighted by molar-refractivity contribution is 7.63. The molecule has 0 fully saturated rings. The van der Waals surface area contributed by atoms with Crippen molar-refractivity contribution in [2.75, 3.05) is 42.3 Å². The fourth-order valence-corrected chi connectivity index (χ4v) is 6.09. The maximum Gasteiger partial charge on any atom is 0.191 e. The van der Waals surface area contributed by atoms with Crippen LogP contribution in [0.25, 0.3) is 0 Å². The van der Waals surface area contributed by atoms with Gasteiger partial charge in [-0.15, -0.1) is 0 Å². The molecule has 80 valence electrons. The van der Waals surface area contributed by atoms with Gasteiger partial charge in [0.1, 0.15) is 0 Å². The fraction of sp³-hybridized carbons (Fsp3) is 1.00. The van der Waals surface area contributed by atoms with Crippen molar-refractivity contribution in [3.8, 4) is 0 Å². The minimum absolute atomic E-state index is 0.863. The lowest BCUT2D eigenvalue weighted by Crippen LogP contribution is -2.30. The lowest BCUT2D eigenvalue weighted by atomic mass is 11.2. The lowest BCUT2D eigenvalue weighted by molar-refractivity contribution is 0.475. The van der Waals surface area contributed by atoms with Gasteiger partial charge in [0.25, 0.3) is 0 Å². The van der Waals surface area contributed by atoms with Gasteiger partial charge in [-0.25, -0.2) is 8.71 Å². The smallest absolute Gasteiger partial charge is 0.191 e. The van der Waals surface area contributed by atoms with Crippen LogP contribution >= 0.6 is 16.5 Å². The van der Waals surface area contributed by atoms with Crippen LogP contribution < -0.4 is 0 Å². The standard InChI is InChI=1S/C6H19FN4P2/c1-9(2)13(8-12-7,10(3)4)11(5)6/h12H,1-6H3. The van der Waals surface area contributed by atoms with E-state index in [1.54, 1.807) is 0 Å². The van der Waals surface area contributed by atoms with Gasteiger partial charge in [-0.3, -0.25) is 14.0 Å². The molecule has 0 aromatic heterocycles. The predicted octanol–water partition coefficient (Wildman–Crippen LogP) is 2.10. The molecule has 0 spiro atoms. The van der Waals surface area contributed by atoms with Crippen LogP contribution in [-0.4, -0.2) is 56.3 Å². The van der Waals surface area contributed by atoms with Crippen molar-refractivity contribution in [2.45, 2.75) is 0 Å². The zero-order chi connectivity index (χ0) is 10.6. The average Bonchev–Trinajstić information content (AvgIpc) is 1.97. The fourth-order valence-electron chi connectivity index (χ4n) is 1.39. The summed E-state index contributed by atoms with van der Waals surface area (Å²) in [5, 5.41) is 0. The molecule has 0 saturated carbocycles. The van der Waals surface area contributed by atoms with Gasteiger partial charge in [-0.2, -0.15) is 0 Å². The second-order valence-electron chi connectivity index (χ2n) is 3.26. The largest absolute Gasteiger partial charge is 0.252 e. The monoisotopic (exact) mass is 228 g/mol. The third-order valence-corrected chi connectivity index (χ3v) is 6.38. The Kier molecular flexibility index (Phi) is 5.57. The van der Waals surface area contributed by atoms with E-state index in [1.807, 2.05) is 56.3 Å². The van der Waals surface area contributed by atoms with E-state index in [0.717, 1.165) is 0 Å². The van der Waals surface area contributed by atoms with E-state index >= 15 is 0 Å². The molecular formula is C6H19FN4P2. The molecule has 0 aliphatic rings. The van der Waals surface area contributed by atoms with Crippen molar-refractivity contribution in [3.63, 3.8) is 0 Å². The zero-order valence-electron chi connectivity index (χ0n) is 9.11. The predicted molar refractivity (Wildman–Crippen MR) is 59.8 cm³/mol. The molecule has 7 heteroatoms. The number of nitrogens with zero attached hydrogens (tertiary/aromatic N) is 4. The summed E-state index contributed by atoms with van der Waals surface area (Å²) in [6.45, 7) is 0. The molecule has 4 nitrogen and oxygen atoms in total. The quantitative estimate of drug-likeness (QED) is 0.688. The Bertz CT molecular complexity index is 176. The Morgan fingerprint density at radius 2 is 1.23 bits per heavy atom. The molecule has 0 bridgehead atoms. The molecule has 0 aliphatic heterocycles. The maximum absolute atomic E-state index is 12.4. The summed E-state index contributed by atoms with van der Waals surface area (Å²) in [6.07, 6.45) is 0. The highest BCUT2D eigenvalue weighted by atomic mass is 31.2. The molecule has 0 heterocycles. The summed E-state index contributed by atoms with van der Waals surface area (Å²) in [7, 11) is 8.76. The summed E-state index contributed by atoms with van der Waals surface area (Å²) in [5.74, 6) is 0. The van der Waals surface area contributed by atoms with Crippen LogP contribution in [0.1, 0.15) is 0 Å². The summed E-state index contributed by atoms with van der Waals surface area (Å²) < 4.78 is 22.4. The van der Waals surface area contributed by atoms with Crippen LogP contribution in [0.4, 0.5) is 4.20 Å². The van der Waals surface area contributed by atoms with Gasteiger partial charge in [0.15, 0.2) is 16.5 Å². The first-order valence-electron chi connectivity index (χ1n) is 3.90. The van der Waals surface area contributed by atoms with Gasteiger partial charge in [-0.1, -0.05) is 0 Å². The summed E-state index contributed by atoms with van der Waals surface area (Å²) >= 11 is 0. The Morgan fingerprint density at radius 3 is 1.31 bits per heavy atom. The minimum atomic E-state index is -1.95. The number of hydrogen-bond acceptors (Lipinski definition) is 1. The maximum atomic E-state index is 12.4. The van der Waals surface area contributed by atoms with E-state index in [1.165, 1.54) is 0 Å². The van der Waals surface area contributed by atoms with Gasteiger partial charge in [-0.05, 0) is 42.3 Å². The molecule has 0 saturated heterocycles. The molecule has 0 N–H and O–H groups in total. The van der Waals surface area contributed by atoms with Crippen molar-refractivity contribution in [2.24, 2.45) is 4.52 Å². The van der Waals surface area contributed by atoms with Crippen LogP contribution in [-0.2, 0) is 0 Å². The topological polar surface area (TPSA) is 22.1 Å². The molecule has 0 rings (SSSR count). The molecule has 1 unspecified atom stereocenters. The van der Waals surface area contributed by atoms with Crippen molar-refractivity contribution >= 4 is 16.5 Å². The zero-order valence-corrected chi connectivity index (χ0v) is 11.0. The van der Waals surface area contributed by atoms with E-state index < -0.39 is 16.5 Å². The van der Waals surface area contributed by atoms with Gasteiger partial charge in [0, 0.05) is 0 Å². The normalized spacial score (nSPS) is 14.0. The first kappa shape index (κ1) is 13.5. The first-order chi connectivity index (χ1) is 5.89. The van der Waals surface area contributed by atoms with E-state index in [2.05, 4.69) is 4.52 Å². The van der Waals surface area contributed by atoms with Crippen molar-refractivity contribution in [1.29, 1.82) is 0 Å². The molecule has 0 aliphatic carbocycles. The lowest BCUT2D eigenvalue weighted by Gasteiger charge is -2.40. The summed E-state index contributed by atoms with van der Waals surface area (Å²) in [5.41, 5.74) is 0. The second-order valence-corrected chi connectivity index (χ2v) is 7.71. The molecule has 13 heavy (non-hydrogen) atoms. The minimum Gasteiger partial charge on any atom is -0.252 e. The molecule has 0 aromatic rings.